The number of aryl methyl sites for hydroxylation is 2. The van der Waals surface area contributed by atoms with Gasteiger partial charge in [0.2, 0.25) is 15.9 Å². The van der Waals surface area contributed by atoms with E-state index in [1.54, 1.807) is 30.3 Å². The molecule has 2 aromatic rings. The van der Waals surface area contributed by atoms with Gasteiger partial charge in [0, 0.05) is 19.0 Å². The number of nitrogens with zero attached hydrogens (tertiary/aromatic N) is 1. The maximum atomic E-state index is 12.8. The smallest absolute Gasteiger partial charge is 0.243 e. The molecule has 2 aromatic carbocycles. The van der Waals surface area contributed by atoms with E-state index in [1.807, 2.05) is 6.92 Å². The van der Waals surface area contributed by atoms with Crippen LogP contribution < -0.4 is 5.32 Å². The number of sulfonamides is 1. The topological polar surface area (TPSA) is 66.5 Å². The number of carbonyl (C=O) groups excluding carboxylic acids is 1. The third-order valence-corrected chi connectivity index (χ3v) is 8.10. The van der Waals surface area contributed by atoms with Crippen molar-refractivity contribution in [1.82, 2.24) is 9.62 Å². The molecule has 6 heteroatoms. The number of carbonyl (C=O) groups is 1. The Hall–Kier alpha value is -2.18. The van der Waals surface area contributed by atoms with Crippen molar-refractivity contribution in [3.05, 3.63) is 65.2 Å². The zero-order valence-corrected chi connectivity index (χ0v) is 17.6. The van der Waals surface area contributed by atoms with Crippen molar-refractivity contribution in [1.29, 1.82) is 0 Å². The number of hydrogen-bond acceptors (Lipinski definition) is 3. The Morgan fingerprint density at radius 3 is 2.45 bits per heavy atom. The number of nitrogens with one attached hydrogen (secondary N) is 1. The van der Waals surface area contributed by atoms with Gasteiger partial charge >= 0.3 is 0 Å². The van der Waals surface area contributed by atoms with Crippen molar-refractivity contribution in [2.45, 2.75) is 50.0 Å². The molecule has 1 amide bonds. The summed E-state index contributed by atoms with van der Waals surface area (Å²) >= 11 is 0. The molecular formula is C23H28N2O3S. The van der Waals surface area contributed by atoms with E-state index in [9.17, 15) is 13.2 Å². The van der Waals surface area contributed by atoms with Crippen LogP contribution in [0.2, 0.25) is 0 Å². The van der Waals surface area contributed by atoms with E-state index >= 15 is 0 Å². The quantitative estimate of drug-likeness (QED) is 0.818. The van der Waals surface area contributed by atoms with Gasteiger partial charge in [-0.05, 0) is 67.9 Å². The van der Waals surface area contributed by atoms with E-state index < -0.39 is 10.0 Å². The van der Waals surface area contributed by atoms with E-state index in [-0.39, 0.29) is 17.9 Å². The monoisotopic (exact) mass is 412 g/mol. The van der Waals surface area contributed by atoms with Crippen LogP contribution in [0.4, 0.5) is 0 Å². The van der Waals surface area contributed by atoms with Gasteiger partial charge in [-0.15, -0.1) is 0 Å². The Bertz CT molecular complexity index is 980. The molecule has 1 aliphatic heterocycles. The van der Waals surface area contributed by atoms with Gasteiger partial charge in [0.25, 0.3) is 0 Å². The molecule has 4 rings (SSSR count). The average molecular weight is 413 g/mol. The van der Waals surface area contributed by atoms with Crippen LogP contribution in [-0.2, 0) is 27.7 Å². The lowest BCUT2D eigenvalue weighted by molar-refractivity contribution is -0.126. The summed E-state index contributed by atoms with van der Waals surface area (Å²) in [6.45, 7) is 2.77. The Balaban J connectivity index is 1.34. The van der Waals surface area contributed by atoms with Gasteiger partial charge in [-0.25, -0.2) is 8.42 Å². The largest absolute Gasteiger partial charge is 0.349 e. The molecule has 1 heterocycles. The summed E-state index contributed by atoms with van der Waals surface area (Å²) in [5.74, 6) is -0.121. The first-order valence-electron chi connectivity index (χ1n) is 10.4. The molecule has 0 saturated carbocycles. The molecule has 1 N–H and O–H groups in total. The fraction of sp³-hybridized carbons (Fsp3) is 0.435. The van der Waals surface area contributed by atoms with E-state index in [0.717, 1.165) is 18.4 Å². The molecule has 0 aromatic heterocycles. The van der Waals surface area contributed by atoms with Gasteiger partial charge in [-0.3, -0.25) is 4.79 Å². The lowest BCUT2D eigenvalue weighted by atomic mass is 9.96. The Labute approximate surface area is 173 Å². The second-order valence-corrected chi connectivity index (χ2v) is 10.0. The van der Waals surface area contributed by atoms with Gasteiger partial charge in [0.1, 0.15) is 0 Å². The number of hydrogen-bond donors (Lipinski definition) is 1. The van der Waals surface area contributed by atoms with Crippen LogP contribution in [0.3, 0.4) is 0 Å². The van der Waals surface area contributed by atoms with E-state index in [2.05, 4.69) is 23.5 Å². The van der Waals surface area contributed by atoms with Gasteiger partial charge in [-0.2, -0.15) is 4.31 Å². The van der Waals surface area contributed by atoms with Crippen molar-refractivity contribution >= 4 is 15.9 Å². The molecule has 5 nitrogen and oxygen atoms in total. The highest BCUT2D eigenvalue weighted by Crippen LogP contribution is 2.27. The summed E-state index contributed by atoms with van der Waals surface area (Å²) in [5, 5.41) is 3.14. The minimum Gasteiger partial charge on any atom is -0.349 e. The van der Waals surface area contributed by atoms with E-state index in [1.165, 1.54) is 21.9 Å². The van der Waals surface area contributed by atoms with E-state index in [4.69, 9.17) is 0 Å². The van der Waals surface area contributed by atoms with Crippen molar-refractivity contribution in [2.75, 3.05) is 13.1 Å². The highest BCUT2D eigenvalue weighted by Gasteiger charge is 2.32. The standard InChI is InChI=1S/C23H28N2O3S/c1-17(20-11-10-18-6-5-7-21(18)16-20)24-23(26)19-12-14-25(15-13-19)29(27,28)22-8-3-2-4-9-22/h2-4,8-11,16-17,19H,5-7,12-15H2,1H3,(H,24,26)/t17-/m0/s1. The van der Waals surface area contributed by atoms with Crippen molar-refractivity contribution in [2.24, 2.45) is 5.92 Å². The molecule has 0 bridgehead atoms. The Morgan fingerprint density at radius 1 is 1.03 bits per heavy atom. The molecule has 0 spiro atoms. The molecule has 29 heavy (non-hydrogen) atoms. The number of amides is 1. The summed E-state index contributed by atoms with van der Waals surface area (Å²) < 4.78 is 27.0. The molecule has 0 unspecified atom stereocenters. The first-order chi connectivity index (χ1) is 13.9. The van der Waals surface area contributed by atoms with Crippen LogP contribution >= 0.6 is 0 Å². The zero-order chi connectivity index (χ0) is 20.4. The summed E-state index contributed by atoms with van der Waals surface area (Å²) in [4.78, 5) is 13.1. The summed E-state index contributed by atoms with van der Waals surface area (Å²) in [6.07, 6.45) is 4.59. The van der Waals surface area contributed by atoms with Gasteiger partial charge in [0.15, 0.2) is 0 Å². The van der Waals surface area contributed by atoms with Crippen LogP contribution in [0.5, 0.6) is 0 Å². The third-order valence-electron chi connectivity index (χ3n) is 6.19. The van der Waals surface area contributed by atoms with Crippen molar-refractivity contribution in [3.8, 4) is 0 Å². The Morgan fingerprint density at radius 2 is 1.72 bits per heavy atom. The van der Waals surface area contributed by atoms with E-state index in [0.29, 0.717) is 30.8 Å². The van der Waals surface area contributed by atoms with Crippen LogP contribution in [-0.4, -0.2) is 31.7 Å². The minimum atomic E-state index is -3.48. The molecule has 154 valence electrons. The number of rotatable bonds is 5. The second-order valence-electron chi connectivity index (χ2n) is 8.10. The Kier molecular flexibility index (Phi) is 5.74. The highest BCUT2D eigenvalue weighted by atomic mass is 32.2. The maximum Gasteiger partial charge on any atom is 0.243 e. The summed E-state index contributed by atoms with van der Waals surface area (Å²) in [6, 6.07) is 15.0. The highest BCUT2D eigenvalue weighted by molar-refractivity contribution is 7.89. The first-order valence-corrected chi connectivity index (χ1v) is 11.9. The molecule has 2 aliphatic rings. The van der Waals surface area contributed by atoms with Gasteiger partial charge < -0.3 is 5.32 Å². The average Bonchev–Trinajstić information content (AvgIpc) is 3.22. The number of fused-ring (bicyclic) bond motifs is 1. The van der Waals surface area contributed by atoms with Crippen LogP contribution in [0.15, 0.2) is 53.4 Å². The third kappa shape index (κ3) is 4.23. The van der Waals surface area contributed by atoms with Crippen LogP contribution in [0.25, 0.3) is 0 Å². The molecule has 0 radical (unpaired) electrons. The summed E-state index contributed by atoms with van der Waals surface area (Å²) in [5.41, 5.74) is 3.98. The summed E-state index contributed by atoms with van der Waals surface area (Å²) in [7, 11) is -3.48. The molecule has 1 aliphatic carbocycles. The predicted molar refractivity (Wildman–Crippen MR) is 113 cm³/mol. The van der Waals surface area contributed by atoms with Crippen LogP contribution in [0.1, 0.15) is 48.9 Å². The first kappa shape index (κ1) is 20.1. The molecule has 1 atom stereocenters. The van der Waals surface area contributed by atoms with Gasteiger partial charge in [0.05, 0.1) is 10.9 Å². The normalized spacial score (nSPS) is 18.9. The molecular weight excluding hydrogens is 384 g/mol. The SMILES string of the molecule is C[C@H](NC(=O)C1CCN(S(=O)(=O)c2ccccc2)CC1)c1ccc2c(c1)CCC2. The van der Waals surface area contributed by atoms with Crippen molar-refractivity contribution < 1.29 is 13.2 Å². The second kappa shape index (κ2) is 8.28. The minimum absolute atomic E-state index is 0.0229. The lowest BCUT2D eigenvalue weighted by Crippen LogP contribution is -2.43. The fourth-order valence-electron chi connectivity index (χ4n) is 4.38. The lowest BCUT2D eigenvalue weighted by Gasteiger charge is -2.31. The zero-order valence-electron chi connectivity index (χ0n) is 16.8. The molecule has 1 saturated heterocycles. The van der Waals surface area contributed by atoms with Crippen LogP contribution in [0, 0.1) is 5.92 Å². The van der Waals surface area contributed by atoms with Gasteiger partial charge in [-0.1, -0.05) is 36.4 Å². The predicted octanol–water partition coefficient (Wildman–Crippen LogP) is 3.45. The molecule has 1 fully saturated rings. The number of benzene rings is 2. The fourth-order valence-corrected chi connectivity index (χ4v) is 5.87. The van der Waals surface area contributed by atoms with Crippen molar-refractivity contribution in [3.63, 3.8) is 0 Å². The number of piperidine rings is 1. The maximum absolute atomic E-state index is 12.8.